The van der Waals surface area contributed by atoms with Crippen LogP contribution < -0.4 is 4.74 Å². The van der Waals surface area contributed by atoms with E-state index in [0.29, 0.717) is 26.1 Å². The molecule has 0 spiro atoms. The molecule has 31 heavy (non-hydrogen) atoms. The standard InChI is InChI=1S/C24H27N3O2S2/c1-16-23(31-17(2)25-16)12-24(28)27-8-9-29-21-4-3-18(11-20(21)15-27)13-26-7-5-22-19(14-26)6-10-30-22/h3-4,6,10-11H,5,7-9,12-15H2,1-2H3. The van der Waals surface area contributed by atoms with Gasteiger partial charge in [0.05, 0.1) is 23.7 Å². The fraction of sp³-hybridized carbons (Fsp3) is 0.417. The first-order valence-electron chi connectivity index (χ1n) is 10.8. The molecular weight excluding hydrogens is 426 g/mol. The van der Waals surface area contributed by atoms with Gasteiger partial charge in [-0.1, -0.05) is 6.07 Å². The number of aryl methyl sites for hydroxylation is 2. The fourth-order valence-electron chi connectivity index (χ4n) is 4.45. The van der Waals surface area contributed by atoms with Crippen molar-refractivity contribution < 1.29 is 9.53 Å². The molecule has 7 heteroatoms. The average Bonchev–Trinajstić information content (AvgIpc) is 3.26. The minimum absolute atomic E-state index is 0.148. The summed E-state index contributed by atoms with van der Waals surface area (Å²) in [6.07, 6.45) is 1.56. The molecule has 0 radical (unpaired) electrons. The van der Waals surface area contributed by atoms with Crippen LogP contribution in [-0.4, -0.2) is 40.4 Å². The van der Waals surface area contributed by atoms with Crippen LogP contribution in [0.4, 0.5) is 0 Å². The van der Waals surface area contributed by atoms with Gasteiger partial charge in [-0.15, -0.1) is 22.7 Å². The maximum atomic E-state index is 13.0. The van der Waals surface area contributed by atoms with Gasteiger partial charge in [-0.2, -0.15) is 0 Å². The number of ether oxygens (including phenoxy) is 1. The molecule has 2 aliphatic rings. The molecule has 0 atom stereocenters. The van der Waals surface area contributed by atoms with E-state index in [1.54, 1.807) is 11.3 Å². The number of nitrogens with zero attached hydrogens (tertiary/aromatic N) is 3. The highest BCUT2D eigenvalue weighted by atomic mass is 32.1. The molecule has 0 saturated heterocycles. The minimum Gasteiger partial charge on any atom is -0.491 e. The zero-order chi connectivity index (χ0) is 21.4. The lowest BCUT2D eigenvalue weighted by molar-refractivity contribution is -0.131. The number of carbonyl (C=O) groups is 1. The van der Waals surface area contributed by atoms with E-state index in [2.05, 4.69) is 39.5 Å². The van der Waals surface area contributed by atoms with Gasteiger partial charge < -0.3 is 9.64 Å². The second-order valence-electron chi connectivity index (χ2n) is 8.35. The van der Waals surface area contributed by atoms with Gasteiger partial charge in [-0.3, -0.25) is 9.69 Å². The van der Waals surface area contributed by atoms with Gasteiger partial charge in [-0.25, -0.2) is 4.98 Å². The Hall–Kier alpha value is -2.22. The molecule has 1 aromatic carbocycles. The summed E-state index contributed by atoms with van der Waals surface area (Å²) in [6.45, 7) is 8.77. The fourth-order valence-corrected chi connectivity index (χ4v) is 6.26. The first-order chi connectivity index (χ1) is 15.0. The van der Waals surface area contributed by atoms with Gasteiger partial charge in [0.2, 0.25) is 5.91 Å². The average molecular weight is 454 g/mol. The third kappa shape index (κ3) is 4.54. The lowest BCUT2D eigenvalue weighted by atomic mass is 10.1. The van der Waals surface area contributed by atoms with Gasteiger partial charge in [-0.05, 0) is 55.0 Å². The molecule has 4 heterocycles. The largest absolute Gasteiger partial charge is 0.491 e. The Morgan fingerprint density at radius 3 is 2.90 bits per heavy atom. The number of hydrogen-bond acceptors (Lipinski definition) is 6. The molecule has 0 saturated carbocycles. The summed E-state index contributed by atoms with van der Waals surface area (Å²) >= 11 is 3.50. The van der Waals surface area contributed by atoms with Crippen LogP contribution in [0.15, 0.2) is 29.6 Å². The van der Waals surface area contributed by atoms with Crippen molar-refractivity contribution in [2.75, 3.05) is 19.7 Å². The van der Waals surface area contributed by atoms with Gasteiger partial charge >= 0.3 is 0 Å². The smallest absolute Gasteiger partial charge is 0.228 e. The Kier molecular flexibility index (Phi) is 5.82. The Morgan fingerprint density at radius 1 is 1.16 bits per heavy atom. The molecule has 1 amide bonds. The molecule has 0 fully saturated rings. The van der Waals surface area contributed by atoms with Crippen LogP contribution in [0, 0.1) is 13.8 Å². The van der Waals surface area contributed by atoms with Gasteiger partial charge in [0.25, 0.3) is 0 Å². The van der Waals surface area contributed by atoms with Crippen LogP contribution >= 0.6 is 22.7 Å². The summed E-state index contributed by atoms with van der Waals surface area (Å²) in [5, 5.41) is 3.22. The summed E-state index contributed by atoms with van der Waals surface area (Å²) in [4.78, 5) is 24.5. The van der Waals surface area contributed by atoms with Gasteiger partial charge in [0, 0.05) is 41.5 Å². The van der Waals surface area contributed by atoms with Crippen LogP contribution in [0.3, 0.4) is 0 Å². The van der Waals surface area contributed by atoms with E-state index in [1.807, 2.05) is 30.1 Å². The maximum Gasteiger partial charge on any atom is 0.228 e. The predicted molar refractivity (Wildman–Crippen MR) is 125 cm³/mol. The second kappa shape index (κ2) is 8.73. The highest BCUT2D eigenvalue weighted by Crippen LogP contribution is 2.28. The van der Waals surface area contributed by atoms with Crippen LogP contribution in [0.5, 0.6) is 5.75 Å². The first-order valence-corrected chi connectivity index (χ1v) is 12.5. The molecule has 5 rings (SSSR count). The Morgan fingerprint density at radius 2 is 2.06 bits per heavy atom. The Bertz CT molecular complexity index is 1100. The van der Waals surface area contributed by atoms with Gasteiger partial charge in [0.15, 0.2) is 0 Å². The molecule has 2 aromatic heterocycles. The molecule has 162 valence electrons. The number of carbonyl (C=O) groups excluding carboxylic acids is 1. The zero-order valence-electron chi connectivity index (χ0n) is 18.0. The summed E-state index contributed by atoms with van der Waals surface area (Å²) < 4.78 is 5.97. The number of amides is 1. The van der Waals surface area contributed by atoms with E-state index >= 15 is 0 Å². The van der Waals surface area contributed by atoms with Crippen LogP contribution in [0.2, 0.25) is 0 Å². The van der Waals surface area contributed by atoms with Crippen LogP contribution in [-0.2, 0) is 37.3 Å². The quantitative estimate of drug-likeness (QED) is 0.589. The maximum absolute atomic E-state index is 13.0. The van der Waals surface area contributed by atoms with Gasteiger partial charge in [0.1, 0.15) is 12.4 Å². The van der Waals surface area contributed by atoms with E-state index in [1.165, 1.54) is 16.0 Å². The second-order valence-corrected chi connectivity index (χ2v) is 10.6. The van der Waals surface area contributed by atoms with Crippen molar-refractivity contribution in [2.24, 2.45) is 0 Å². The lowest BCUT2D eigenvalue weighted by Crippen LogP contribution is -2.33. The van der Waals surface area contributed by atoms with Crippen molar-refractivity contribution in [1.82, 2.24) is 14.8 Å². The summed E-state index contributed by atoms with van der Waals surface area (Å²) in [5.41, 5.74) is 4.83. The number of thiophene rings is 1. The predicted octanol–water partition coefficient (Wildman–Crippen LogP) is 4.34. The molecule has 2 aliphatic heterocycles. The van der Waals surface area contributed by atoms with Crippen LogP contribution in [0.25, 0.3) is 0 Å². The minimum atomic E-state index is 0.148. The number of fused-ring (bicyclic) bond motifs is 2. The van der Waals surface area contributed by atoms with E-state index in [0.717, 1.165) is 52.9 Å². The number of benzene rings is 1. The number of hydrogen-bond donors (Lipinski definition) is 0. The molecule has 3 aromatic rings. The third-order valence-corrected chi connectivity index (χ3v) is 8.16. The highest BCUT2D eigenvalue weighted by molar-refractivity contribution is 7.11. The van der Waals surface area contributed by atoms with Crippen molar-refractivity contribution in [3.05, 3.63) is 66.8 Å². The van der Waals surface area contributed by atoms with E-state index in [4.69, 9.17) is 4.74 Å². The SMILES string of the molecule is Cc1nc(C)c(CC(=O)N2CCOc3ccc(CN4CCc5sccc5C4)cc3C2)s1. The molecular formula is C24H27N3O2S2. The normalized spacial score (nSPS) is 16.4. The van der Waals surface area contributed by atoms with Crippen molar-refractivity contribution in [2.45, 2.75) is 46.3 Å². The first kappa shape index (κ1) is 20.7. The van der Waals surface area contributed by atoms with E-state index < -0.39 is 0 Å². The van der Waals surface area contributed by atoms with Crippen molar-refractivity contribution >= 4 is 28.6 Å². The van der Waals surface area contributed by atoms with Crippen molar-refractivity contribution in [1.29, 1.82) is 0 Å². The number of aromatic nitrogens is 1. The topological polar surface area (TPSA) is 45.7 Å². The molecule has 0 unspecified atom stereocenters. The van der Waals surface area contributed by atoms with E-state index in [-0.39, 0.29) is 5.91 Å². The molecule has 0 bridgehead atoms. The number of rotatable bonds is 4. The third-order valence-electron chi connectivity index (χ3n) is 6.06. The highest BCUT2D eigenvalue weighted by Gasteiger charge is 2.23. The molecule has 5 nitrogen and oxygen atoms in total. The monoisotopic (exact) mass is 453 g/mol. The summed E-state index contributed by atoms with van der Waals surface area (Å²) in [7, 11) is 0. The van der Waals surface area contributed by atoms with Crippen molar-refractivity contribution in [3.8, 4) is 5.75 Å². The Balaban J connectivity index is 1.28. The Labute approximate surface area is 191 Å². The lowest BCUT2D eigenvalue weighted by Gasteiger charge is -2.27. The molecule has 0 N–H and O–H groups in total. The molecule has 0 aliphatic carbocycles. The summed E-state index contributed by atoms with van der Waals surface area (Å²) in [5.74, 6) is 1.05. The van der Waals surface area contributed by atoms with E-state index in [9.17, 15) is 4.79 Å². The number of thiazole rings is 1. The van der Waals surface area contributed by atoms with Crippen molar-refractivity contribution in [3.63, 3.8) is 0 Å². The van der Waals surface area contributed by atoms with Crippen LogP contribution in [0.1, 0.15) is 37.1 Å². The zero-order valence-corrected chi connectivity index (χ0v) is 19.7. The summed E-state index contributed by atoms with van der Waals surface area (Å²) in [6, 6.07) is 8.73.